The lowest BCUT2D eigenvalue weighted by Gasteiger charge is -2.37. The van der Waals surface area contributed by atoms with E-state index >= 15 is 0 Å². The van der Waals surface area contributed by atoms with Crippen molar-refractivity contribution in [1.29, 1.82) is 0 Å². The van der Waals surface area contributed by atoms with Crippen molar-refractivity contribution in [3.05, 3.63) is 62.0 Å². The van der Waals surface area contributed by atoms with Crippen LogP contribution in [0.4, 0.5) is 5.69 Å². The van der Waals surface area contributed by atoms with Gasteiger partial charge in [-0.25, -0.2) is 9.48 Å². The third-order valence-corrected chi connectivity index (χ3v) is 7.53. The molecule has 0 unspecified atom stereocenters. The monoisotopic (exact) mass is 544 g/mol. The number of hydrogen-bond acceptors (Lipinski definition) is 5. The number of carbonyl (C=O) groups is 2. The van der Waals surface area contributed by atoms with E-state index in [1.165, 1.54) is 6.07 Å². The van der Waals surface area contributed by atoms with Gasteiger partial charge in [0, 0.05) is 22.7 Å². The van der Waals surface area contributed by atoms with Crippen LogP contribution in [0.5, 0.6) is 0 Å². The molecule has 2 heterocycles. The second-order valence-electron chi connectivity index (χ2n) is 9.77. The highest BCUT2D eigenvalue weighted by Crippen LogP contribution is 2.39. The summed E-state index contributed by atoms with van der Waals surface area (Å²) in [6, 6.07) is 6.36. The van der Waals surface area contributed by atoms with Gasteiger partial charge in [0.15, 0.2) is 0 Å². The molecule has 1 aromatic carbocycles. The van der Waals surface area contributed by atoms with E-state index < -0.39 is 5.97 Å². The number of hydrogen-bond donors (Lipinski definition) is 1. The van der Waals surface area contributed by atoms with Crippen LogP contribution in [0, 0.1) is 17.3 Å². The Morgan fingerprint density at radius 1 is 1.17 bits per heavy atom. The summed E-state index contributed by atoms with van der Waals surface area (Å²) < 4.78 is 1.84. The molecule has 1 amide bonds. The van der Waals surface area contributed by atoms with Crippen LogP contribution in [-0.4, -0.2) is 38.0 Å². The minimum absolute atomic E-state index is 0.0741. The maximum Gasteiger partial charge on any atom is 0.348 e. The molecule has 36 heavy (non-hydrogen) atoms. The van der Waals surface area contributed by atoms with Gasteiger partial charge in [-0.2, -0.15) is 0 Å². The smallest absolute Gasteiger partial charge is 0.348 e. The molecule has 1 N–H and O–H groups in total. The highest BCUT2D eigenvalue weighted by atomic mass is 35.5. The molecule has 3 aromatic rings. The lowest BCUT2D eigenvalue weighted by Crippen LogP contribution is -2.43. The van der Waals surface area contributed by atoms with Crippen molar-refractivity contribution in [3.63, 3.8) is 0 Å². The molecule has 0 spiro atoms. The second kappa shape index (κ2) is 10.6. The topological polar surface area (TPSA) is 88.3 Å². The van der Waals surface area contributed by atoms with Crippen molar-refractivity contribution in [2.45, 2.75) is 58.5 Å². The number of aromatic carboxylic acids is 1. The fourth-order valence-corrected chi connectivity index (χ4v) is 5.61. The van der Waals surface area contributed by atoms with Crippen molar-refractivity contribution >= 4 is 52.1 Å². The number of carboxylic acid groups (broad SMARTS) is 1. The Labute approximate surface area is 224 Å². The second-order valence-corrected chi connectivity index (χ2v) is 11.7. The number of carboxylic acids is 1. The molecule has 0 saturated heterocycles. The quantitative estimate of drug-likeness (QED) is 0.366. The lowest BCUT2D eigenvalue weighted by atomic mass is 9.89. The predicted octanol–water partition coefficient (Wildman–Crippen LogP) is 6.57. The molecular weight excluding hydrogens is 519 g/mol. The number of rotatable bonds is 5. The Kier molecular flexibility index (Phi) is 7.74. The standard InChI is InChI=1S/C26H26Cl2N4O3S/c1-26(2,3)11-10-19-15-22(23(36-19)25(34)35)32(24(33)20-9-4-16(27)14-21(20)28)18-7-5-17(6-8-18)31-13-12-29-30-31/h4,9,12-15,17-18H,5-8H2,1-3H3,(H,34,35)/t17-,18-. The first-order valence-electron chi connectivity index (χ1n) is 11.6. The van der Waals surface area contributed by atoms with Crippen molar-refractivity contribution in [3.8, 4) is 11.8 Å². The van der Waals surface area contributed by atoms with Crippen LogP contribution in [0.3, 0.4) is 0 Å². The lowest BCUT2D eigenvalue weighted by molar-refractivity contribution is 0.0702. The largest absolute Gasteiger partial charge is 0.477 e. The minimum atomic E-state index is -1.10. The van der Waals surface area contributed by atoms with Crippen molar-refractivity contribution in [2.75, 3.05) is 4.90 Å². The summed E-state index contributed by atoms with van der Waals surface area (Å²) in [7, 11) is 0. The molecule has 188 valence electrons. The zero-order chi connectivity index (χ0) is 26.0. The van der Waals surface area contributed by atoms with Crippen LogP contribution in [0.2, 0.25) is 10.0 Å². The van der Waals surface area contributed by atoms with Gasteiger partial charge in [0.05, 0.1) is 33.4 Å². The Balaban J connectivity index is 1.75. The fraction of sp³-hybridized carbons (Fsp3) is 0.385. The number of anilines is 1. The van der Waals surface area contributed by atoms with Crippen LogP contribution in [0.15, 0.2) is 36.7 Å². The summed E-state index contributed by atoms with van der Waals surface area (Å²) in [5, 5.41) is 18.7. The summed E-state index contributed by atoms with van der Waals surface area (Å²) in [6.07, 6.45) is 6.36. The van der Waals surface area contributed by atoms with Crippen molar-refractivity contribution < 1.29 is 14.7 Å². The predicted molar refractivity (Wildman–Crippen MR) is 142 cm³/mol. The number of halogens is 2. The number of amides is 1. The van der Waals surface area contributed by atoms with E-state index in [2.05, 4.69) is 22.2 Å². The van der Waals surface area contributed by atoms with Gasteiger partial charge >= 0.3 is 5.97 Å². The van der Waals surface area contributed by atoms with E-state index in [1.54, 1.807) is 29.3 Å². The number of benzene rings is 1. The molecule has 4 rings (SSSR count). The molecule has 10 heteroatoms. The normalized spacial score (nSPS) is 17.8. The SMILES string of the molecule is CC(C)(C)C#Cc1cc(N(C(=O)c2ccc(Cl)cc2Cl)[C@H]2CC[C@H](n3ccnn3)CC2)c(C(=O)O)s1. The first-order valence-corrected chi connectivity index (χ1v) is 13.2. The maximum atomic E-state index is 13.9. The number of nitrogens with zero attached hydrogens (tertiary/aromatic N) is 4. The van der Waals surface area contributed by atoms with Gasteiger partial charge in [-0.15, -0.1) is 16.4 Å². The highest BCUT2D eigenvalue weighted by Gasteiger charge is 2.35. The van der Waals surface area contributed by atoms with Gasteiger partial charge in [-0.1, -0.05) is 40.3 Å². The number of aromatic nitrogens is 3. The molecule has 0 radical (unpaired) electrons. The fourth-order valence-electron chi connectivity index (χ4n) is 4.28. The Morgan fingerprint density at radius 2 is 1.89 bits per heavy atom. The molecule has 7 nitrogen and oxygen atoms in total. The third-order valence-electron chi connectivity index (χ3n) is 5.95. The first kappa shape index (κ1) is 26.2. The van der Waals surface area contributed by atoms with Crippen LogP contribution < -0.4 is 4.90 Å². The van der Waals surface area contributed by atoms with Crippen LogP contribution in [-0.2, 0) is 0 Å². The van der Waals surface area contributed by atoms with Gasteiger partial charge < -0.3 is 10.0 Å². The third kappa shape index (κ3) is 5.92. The molecule has 2 aromatic heterocycles. The van der Waals surface area contributed by atoms with Crippen molar-refractivity contribution in [2.24, 2.45) is 5.41 Å². The Morgan fingerprint density at radius 3 is 2.47 bits per heavy atom. The van der Waals surface area contributed by atoms with Crippen LogP contribution >= 0.6 is 34.5 Å². The summed E-state index contributed by atoms with van der Waals surface area (Å²) in [6.45, 7) is 5.95. The highest BCUT2D eigenvalue weighted by molar-refractivity contribution is 7.15. The summed E-state index contributed by atoms with van der Waals surface area (Å²) >= 11 is 13.5. The zero-order valence-corrected chi connectivity index (χ0v) is 22.5. The van der Waals surface area contributed by atoms with E-state index in [4.69, 9.17) is 23.2 Å². The summed E-state index contributed by atoms with van der Waals surface area (Å²) in [4.78, 5) is 28.5. The van der Waals surface area contributed by atoms with Gasteiger partial charge in [0.1, 0.15) is 4.88 Å². The van der Waals surface area contributed by atoms with E-state index in [0.717, 1.165) is 24.2 Å². The summed E-state index contributed by atoms with van der Waals surface area (Å²) in [5.41, 5.74) is 0.356. The number of thiophene rings is 1. The first-order chi connectivity index (χ1) is 17.0. The van der Waals surface area contributed by atoms with Gasteiger partial charge in [0.25, 0.3) is 5.91 Å². The van der Waals surface area contributed by atoms with Gasteiger partial charge in [-0.05, 0) is 70.7 Å². The molecular formula is C26H26Cl2N4O3S. The van der Waals surface area contributed by atoms with Crippen LogP contribution in [0.25, 0.3) is 0 Å². The molecule has 0 bridgehead atoms. The van der Waals surface area contributed by atoms with Crippen LogP contribution in [0.1, 0.15) is 77.4 Å². The van der Waals surface area contributed by atoms with E-state index in [1.807, 2.05) is 31.6 Å². The zero-order valence-electron chi connectivity index (χ0n) is 20.2. The molecule has 1 fully saturated rings. The average molecular weight is 545 g/mol. The maximum absolute atomic E-state index is 13.9. The molecule has 1 aliphatic rings. The molecule has 1 aliphatic carbocycles. The van der Waals surface area contributed by atoms with E-state index in [9.17, 15) is 14.7 Å². The molecule has 1 saturated carbocycles. The minimum Gasteiger partial charge on any atom is -0.477 e. The Bertz CT molecular complexity index is 1330. The van der Waals surface area contributed by atoms with Gasteiger partial charge in [0.2, 0.25) is 0 Å². The average Bonchev–Trinajstić information content (AvgIpc) is 3.49. The number of carbonyl (C=O) groups excluding carboxylic acids is 1. The Hall–Kier alpha value is -2.86. The molecule has 0 atom stereocenters. The van der Waals surface area contributed by atoms with Crippen molar-refractivity contribution in [1.82, 2.24) is 15.0 Å². The summed E-state index contributed by atoms with van der Waals surface area (Å²) in [5.74, 6) is 4.77. The van der Waals surface area contributed by atoms with Gasteiger partial charge in [-0.3, -0.25) is 4.79 Å². The molecule has 0 aliphatic heterocycles. The van der Waals surface area contributed by atoms with E-state index in [-0.39, 0.29) is 38.9 Å². The van der Waals surface area contributed by atoms with E-state index in [0.29, 0.717) is 28.4 Å².